The van der Waals surface area contributed by atoms with Crippen LogP contribution in [-0.4, -0.2) is 6.54 Å². The van der Waals surface area contributed by atoms with E-state index < -0.39 is 0 Å². The number of aryl methyl sites for hydroxylation is 1. The maximum atomic E-state index is 13.8. The van der Waals surface area contributed by atoms with Crippen LogP contribution in [0.2, 0.25) is 5.02 Å². The predicted molar refractivity (Wildman–Crippen MR) is 82.5 cm³/mol. The van der Waals surface area contributed by atoms with Crippen molar-refractivity contribution in [1.29, 1.82) is 0 Å². The maximum absolute atomic E-state index is 13.8. The quantitative estimate of drug-likeness (QED) is 0.880. The van der Waals surface area contributed by atoms with E-state index in [0.717, 1.165) is 6.42 Å². The summed E-state index contributed by atoms with van der Waals surface area (Å²) in [5, 5.41) is 0.479. The number of hydrogen-bond acceptors (Lipinski definition) is 1. The molecule has 0 saturated carbocycles. The number of halogens is 2. The van der Waals surface area contributed by atoms with E-state index in [1.165, 1.54) is 17.2 Å². The van der Waals surface area contributed by atoms with Crippen LogP contribution in [0.15, 0.2) is 42.5 Å². The van der Waals surface area contributed by atoms with Crippen LogP contribution < -0.4 is 5.73 Å². The minimum Gasteiger partial charge on any atom is -0.330 e. The molecule has 0 amide bonds. The summed E-state index contributed by atoms with van der Waals surface area (Å²) in [4.78, 5) is 0. The van der Waals surface area contributed by atoms with Gasteiger partial charge in [0.2, 0.25) is 0 Å². The Hall–Kier alpha value is -1.38. The summed E-state index contributed by atoms with van der Waals surface area (Å²) in [6.45, 7) is 2.58. The molecular formula is C17H19ClFN. The number of hydrogen-bond donors (Lipinski definition) is 1. The molecule has 1 atom stereocenters. The van der Waals surface area contributed by atoms with Crippen LogP contribution in [0.1, 0.15) is 16.7 Å². The monoisotopic (exact) mass is 291 g/mol. The minimum atomic E-state index is -0.250. The fraction of sp³-hybridized carbons (Fsp3) is 0.294. The molecule has 2 aromatic rings. The first-order valence-corrected chi connectivity index (χ1v) is 7.16. The summed E-state index contributed by atoms with van der Waals surface area (Å²) < 4.78 is 13.8. The highest BCUT2D eigenvalue weighted by atomic mass is 35.5. The summed E-state index contributed by atoms with van der Waals surface area (Å²) in [5.41, 5.74) is 8.86. The van der Waals surface area contributed by atoms with Gasteiger partial charge < -0.3 is 5.73 Å². The van der Waals surface area contributed by atoms with Crippen molar-refractivity contribution >= 4 is 11.6 Å². The van der Waals surface area contributed by atoms with Crippen molar-refractivity contribution in [3.63, 3.8) is 0 Å². The molecule has 0 saturated heterocycles. The van der Waals surface area contributed by atoms with Gasteiger partial charge in [0.25, 0.3) is 0 Å². The Morgan fingerprint density at radius 1 is 1.15 bits per heavy atom. The standard InChI is InChI=1S/C17H19ClFN/c1-12-4-2-5-13(8-12)9-14(11-20)10-15-16(18)6-3-7-17(15)19/h2-8,14H,9-11,20H2,1H3. The van der Waals surface area contributed by atoms with Crippen LogP contribution in [0.25, 0.3) is 0 Å². The summed E-state index contributed by atoms with van der Waals surface area (Å²) >= 11 is 6.08. The molecule has 0 fully saturated rings. The molecule has 0 radical (unpaired) electrons. The van der Waals surface area contributed by atoms with Gasteiger partial charge in [-0.1, -0.05) is 47.5 Å². The zero-order chi connectivity index (χ0) is 14.5. The molecule has 1 nitrogen and oxygen atoms in total. The Kier molecular flexibility index (Phi) is 5.16. The average molecular weight is 292 g/mol. The van der Waals surface area contributed by atoms with E-state index in [0.29, 0.717) is 23.6 Å². The van der Waals surface area contributed by atoms with Crippen LogP contribution in [-0.2, 0) is 12.8 Å². The molecule has 2 N–H and O–H groups in total. The first-order chi connectivity index (χ1) is 9.60. The molecule has 106 valence electrons. The summed E-state index contributed by atoms with van der Waals surface area (Å²) in [5.74, 6) is -0.0635. The maximum Gasteiger partial charge on any atom is 0.127 e. The van der Waals surface area contributed by atoms with E-state index >= 15 is 0 Å². The first kappa shape index (κ1) is 15.0. The Morgan fingerprint density at radius 2 is 1.90 bits per heavy atom. The zero-order valence-corrected chi connectivity index (χ0v) is 12.3. The van der Waals surface area contributed by atoms with Crippen molar-refractivity contribution in [2.75, 3.05) is 6.54 Å². The Bertz CT molecular complexity index is 563. The molecule has 0 bridgehead atoms. The third-order valence-corrected chi connectivity index (χ3v) is 3.85. The lowest BCUT2D eigenvalue weighted by Gasteiger charge is -2.16. The molecule has 20 heavy (non-hydrogen) atoms. The molecule has 2 aromatic carbocycles. The van der Waals surface area contributed by atoms with E-state index in [4.69, 9.17) is 17.3 Å². The average Bonchev–Trinajstić information content (AvgIpc) is 2.42. The topological polar surface area (TPSA) is 26.0 Å². The minimum absolute atomic E-state index is 0.186. The molecule has 2 rings (SSSR count). The third-order valence-electron chi connectivity index (χ3n) is 3.49. The summed E-state index contributed by atoms with van der Waals surface area (Å²) in [6.07, 6.45) is 1.40. The van der Waals surface area contributed by atoms with Crippen LogP contribution >= 0.6 is 11.6 Å². The second-order valence-corrected chi connectivity index (χ2v) is 5.61. The third kappa shape index (κ3) is 3.81. The molecule has 0 aromatic heterocycles. The van der Waals surface area contributed by atoms with Gasteiger partial charge in [0.1, 0.15) is 5.82 Å². The van der Waals surface area contributed by atoms with Crippen molar-refractivity contribution < 1.29 is 4.39 Å². The smallest absolute Gasteiger partial charge is 0.127 e. The van der Waals surface area contributed by atoms with Gasteiger partial charge in [-0.15, -0.1) is 0 Å². The molecule has 0 spiro atoms. The van der Waals surface area contributed by atoms with Crippen molar-refractivity contribution in [3.8, 4) is 0 Å². The van der Waals surface area contributed by atoms with Gasteiger partial charge in [-0.05, 0) is 49.9 Å². The lowest BCUT2D eigenvalue weighted by Crippen LogP contribution is -2.20. The van der Waals surface area contributed by atoms with Crippen molar-refractivity contribution in [2.45, 2.75) is 19.8 Å². The van der Waals surface area contributed by atoms with E-state index in [-0.39, 0.29) is 11.7 Å². The van der Waals surface area contributed by atoms with Crippen LogP contribution in [0, 0.1) is 18.7 Å². The highest BCUT2D eigenvalue weighted by Crippen LogP contribution is 2.23. The Labute approximate surface area is 124 Å². The lowest BCUT2D eigenvalue weighted by atomic mass is 9.92. The summed E-state index contributed by atoms with van der Waals surface area (Å²) in [6, 6.07) is 13.1. The Morgan fingerprint density at radius 3 is 2.55 bits per heavy atom. The van der Waals surface area contributed by atoms with Crippen molar-refractivity contribution in [1.82, 2.24) is 0 Å². The number of rotatable bonds is 5. The van der Waals surface area contributed by atoms with E-state index in [9.17, 15) is 4.39 Å². The number of benzene rings is 2. The molecule has 0 aliphatic carbocycles. The van der Waals surface area contributed by atoms with Crippen LogP contribution in [0.3, 0.4) is 0 Å². The lowest BCUT2D eigenvalue weighted by molar-refractivity contribution is 0.512. The van der Waals surface area contributed by atoms with Crippen molar-refractivity contribution in [3.05, 3.63) is 70.0 Å². The van der Waals surface area contributed by atoms with Gasteiger partial charge in [0, 0.05) is 10.6 Å². The van der Waals surface area contributed by atoms with E-state index in [1.54, 1.807) is 12.1 Å². The normalized spacial score (nSPS) is 12.4. The largest absolute Gasteiger partial charge is 0.330 e. The highest BCUT2D eigenvalue weighted by Gasteiger charge is 2.14. The van der Waals surface area contributed by atoms with Crippen molar-refractivity contribution in [2.24, 2.45) is 11.7 Å². The SMILES string of the molecule is Cc1cccc(CC(CN)Cc2c(F)cccc2Cl)c1. The summed E-state index contributed by atoms with van der Waals surface area (Å²) in [7, 11) is 0. The van der Waals surface area contributed by atoms with E-state index in [1.807, 2.05) is 6.07 Å². The molecule has 0 heterocycles. The number of nitrogens with two attached hydrogens (primary N) is 1. The Balaban J connectivity index is 2.13. The molecular weight excluding hydrogens is 273 g/mol. The molecule has 3 heteroatoms. The molecule has 0 aliphatic rings. The van der Waals surface area contributed by atoms with Crippen LogP contribution in [0.4, 0.5) is 4.39 Å². The first-order valence-electron chi connectivity index (χ1n) is 6.78. The van der Waals surface area contributed by atoms with E-state index in [2.05, 4.69) is 25.1 Å². The fourth-order valence-electron chi connectivity index (χ4n) is 2.43. The second-order valence-electron chi connectivity index (χ2n) is 5.20. The predicted octanol–water partition coefficient (Wildman–Crippen LogP) is 4.15. The highest BCUT2D eigenvalue weighted by molar-refractivity contribution is 6.31. The second kappa shape index (κ2) is 6.87. The molecule has 1 unspecified atom stereocenters. The van der Waals surface area contributed by atoms with Gasteiger partial charge in [0.15, 0.2) is 0 Å². The van der Waals surface area contributed by atoms with Gasteiger partial charge in [0.05, 0.1) is 0 Å². The van der Waals surface area contributed by atoms with Gasteiger partial charge in [-0.25, -0.2) is 4.39 Å². The van der Waals surface area contributed by atoms with Gasteiger partial charge in [-0.3, -0.25) is 0 Å². The van der Waals surface area contributed by atoms with Gasteiger partial charge in [-0.2, -0.15) is 0 Å². The van der Waals surface area contributed by atoms with Crippen LogP contribution in [0.5, 0.6) is 0 Å². The zero-order valence-electron chi connectivity index (χ0n) is 11.6. The fourth-order valence-corrected chi connectivity index (χ4v) is 2.67. The van der Waals surface area contributed by atoms with Gasteiger partial charge >= 0.3 is 0 Å². The molecule has 0 aliphatic heterocycles.